The molecule has 1 radical (unpaired) electrons. The summed E-state index contributed by atoms with van der Waals surface area (Å²) >= 11 is 0. The quantitative estimate of drug-likeness (QED) is 0.401. The van der Waals surface area contributed by atoms with Crippen LogP contribution in [0, 0.1) is 28.6 Å². The molecule has 4 rings (SSSR count). The molecule has 0 aromatic heterocycles. The maximum absolute atomic E-state index is 12.3. The minimum Gasteiger partial charge on any atom is -0.382 e. The van der Waals surface area contributed by atoms with Crippen molar-refractivity contribution in [3.63, 3.8) is 0 Å². The van der Waals surface area contributed by atoms with Crippen molar-refractivity contribution in [1.82, 2.24) is 0 Å². The van der Waals surface area contributed by atoms with Crippen LogP contribution in [0.1, 0.15) is 72.1 Å². The van der Waals surface area contributed by atoms with E-state index in [0.29, 0.717) is 37.0 Å². The van der Waals surface area contributed by atoms with E-state index in [1.54, 1.807) is 0 Å². The van der Waals surface area contributed by atoms with Crippen LogP contribution >= 0.6 is 0 Å². The Morgan fingerprint density at radius 1 is 1.14 bits per heavy atom. The second kappa shape index (κ2) is 7.68. The standard InChI is InChI=1S/C21H32O6S.Na/c1-13(22)21(23)11-8-18-16-5-4-14-12-15(27-28(24,25)26)6-9-19(14,2)17(16)7-10-20(18,21)3;/h4,15-18,23H,5-12H2,1-3H3,(H,24,25,26);/t15?,16?,17?,18?,19?,20?,21-;/m0./s1. The van der Waals surface area contributed by atoms with Gasteiger partial charge in [0.2, 0.25) is 0 Å². The fourth-order valence-corrected chi connectivity index (χ4v) is 7.98. The minimum atomic E-state index is -4.43. The molecule has 4 aliphatic rings. The van der Waals surface area contributed by atoms with Crippen molar-refractivity contribution in [3.8, 4) is 0 Å². The number of Topliss-reactive ketones (excluding diaryl/α,β-unsaturated/α-hetero) is 1. The molecule has 8 heteroatoms. The SMILES string of the molecule is CC(=O)[C@@]1(O)CCC2C3CC=C4CC(OS(=O)(=O)O)CCC4(C)C3CCC21C.[Na]. The summed E-state index contributed by atoms with van der Waals surface area (Å²) in [5, 5.41) is 11.2. The Morgan fingerprint density at radius 2 is 1.79 bits per heavy atom. The molecule has 3 saturated carbocycles. The van der Waals surface area contributed by atoms with Gasteiger partial charge in [0, 0.05) is 35.0 Å². The molecule has 7 atom stereocenters. The van der Waals surface area contributed by atoms with E-state index in [0.717, 1.165) is 32.1 Å². The van der Waals surface area contributed by atoms with Crippen LogP contribution in [-0.2, 0) is 19.4 Å². The molecular weight excluding hydrogens is 403 g/mol. The molecule has 6 unspecified atom stereocenters. The van der Waals surface area contributed by atoms with Gasteiger partial charge >= 0.3 is 10.4 Å². The Hall–Kier alpha value is 0.240. The minimum absolute atomic E-state index is 0. The van der Waals surface area contributed by atoms with Crippen LogP contribution in [-0.4, -0.2) is 65.1 Å². The number of rotatable bonds is 3. The Bertz CT molecular complexity index is 825. The number of allylic oxidation sites excluding steroid dienone is 1. The topological polar surface area (TPSA) is 101 Å². The van der Waals surface area contributed by atoms with Gasteiger partial charge in [-0.05, 0) is 81.5 Å². The van der Waals surface area contributed by atoms with Crippen LogP contribution < -0.4 is 0 Å². The van der Waals surface area contributed by atoms with Crippen LogP contribution in [0.4, 0.5) is 0 Å². The van der Waals surface area contributed by atoms with Crippen molar-refractivity contribution < 1.29 is 27.1 Å². The summed E-state index contributed by atoms with van der Waals surface area (Å²) in [7, 11) is -4.43. The number of carbonyl (C=O) groups excluding carboxylic acids is 1. The Balaban J connectivity index is 0.00000240. The average molecular weight is 436 g/mol. The monoisotopic (exact) mass is 435 g/mol. The predicted molar refractivity (Wildman–Crippen MR) is 110 cm³/mol. The summed E-state index contributed by atoms with van der Waals surface area (Å²) in [6.07, 6.45) is 7.92. The maximum Gasteiger partial charge on any atom is 0.397 e. The molecule has 0 saturated heterocycles. The van der Waals surface area contributed by atoms with E-state index in [2.05, 4.69) is 19.9 Å². The first-order valence-electron chi connectivity index (χ1n) is 10.5. The summed E-state index contributed by atoms with van der Waals surface area (Å²) in [4.78, 5) is 12.3. The third-order valence-electron chi connectivity index (χ3n) is 9.05. The predicted octanol–water partition coefficient (Wildman–Crippen LogP) is 3.08. The largest absolute Gasteiger partial charge is 0.397 e. The zero-order chi connectivity index (χ0) is 20.5. The van der Waals surface area contributed by atoms with E-state index in [4.69, 9.17) is 8.74 Å². The maximum atomic E-state index is 12.3. The van der Waals surface area contributed by atoms with Crippen molar-refractivity contribution in [2.24, 2.45) is 28.6 Å². The van der Waals surface area contributed by atoms with Gasteiger partial charge in [0.1, 0.15) is 5.60 Å². The zero-order valence-corrected chi connectivity index (χ0v) is 20.8. The van der Waals surface area contributed by atoms with E-state index in [-0.39, 0.29) is 46.2 Å². The van der Waals surface area contributed by atoms with Gasteiger partial charge in [0.25, 0.3) is 0 Å². The first-order chi connectivity index (χ1) is 12.9. The smallest absolute Gasteiger partial charge is 0.382 e. The van der Waals surface area contributed by atoms with Gasteiger partial charge in [-0.2, -0.15) is 8.42 Å². The molecular formula is C21H32NaO6S. The van der Waals surface area contributed by atoms with Crippen LogP contribution in [0.2, 0.25) is 0 Å². The summed E-state index contributed by atoms with van der Waals surface area (Å²) in [6.45, 7) is 5.92. The van der Waals surface area contributed by atoms with Crippen molar-refractivity contribution in [2.75, 3.05) is 0 Å². The number of fused-ring (bicyclic) bond motifs is 5. The summed E-state index contributed by atoms with van der Waals surface area (Å²) in [5.74, 6) is 1.16. The van der Waals surface area contributed by atoms with E-state index < -0.39 is 22.1 Å². The number of ketones is 1. The molecule has 0 aliphatic heterocycles. The summed E-state index contributed by atoms with van der Waals surface area (Å²) in [5.41, 5.74) is -0.307. The van der Waals surface area contributed by atoms with Crippen LogP contribution in [0.5, 0.6) is 0 Å². The van der Waals surface area contributed by atoms with Gasteiger partial charge in [-0.3, -0.25) is 9.35 Å². The summed E-state index contributed by atoms with van der Waals surface area (Å²) < 4.78 is 36.1. The number of carbonyl (C=O) groups is 1. The third-order valence-corrected chi connectivity index (χ3v) is 9.57. The van der Waals surface area contributed by atoms with E-state index in [1.165, 1.54) is 12.5 Å². The molecule has 4 aliphatic carbocycles. The van der Waals surface area contributed by atoms with Gasteiger partial charge in [-0.15, -0.1) is 0 Å². The Kier molecular flexibility index (Phi) is 6.33. The fourth-order valence-electron chi connectivity index (χ4n) is 7.48. The number of hydrogen-bond acceptors (Lipinski definition) is 5. The molecule has 0 heterocycles. The average Bonchev–Trinajstić information content (AvgIpc) is 2.87. The normalized spacial score (nSPS) is 46.6. The number of aliphatic hydroxyl groups is 1. The van der Waals surface area contributed by atoms with Gasteiger partial charge < -0.3 is 5.11 Å². The van der Waals surface area contributed by atoms with Crippen molar-refractivity contribution in [2.45, 2.75) is 83.8 Å². The van der Waals surface area contributed by atoms with Crippen LogP contribution in [0.15, 0.2) is 11.6 Å². The first kappa shape index (κ1) is 23.9. The van der Waals surface area contributed by atoms with E-state index in [9.17, 15) is 18.3 Å². The molecule has 0 spiro atoms. The molecule has 6 nitrogen and oxygen atoms in total. The van der Waals surface area contributed by atoms with E-state index in [1.807, 2.05) is 0 Å². The molecule has 0 bridgehead atoms. The first-order valence-corrected chi connectivity index (χ1v) is 11.9. The molecule has 3 fully saturated rings. The molecule has 159 valence electrons. The van der Waals surface area contributed by atoms with Gasteiger partial charge in [-0.1, -0.05) is 25.5 Å². The molecule has 2 N–H and O–H groups in total. The van der Waals surface area contributed by atoms with Gasteiger partial charge in [0.15, 0.2) is 5.78 Å². The third kappa shape index (κ3) is 3.62. The van der Waals surface area contributed by atoms with Crippen molar-refractivity contribution in [3.05, 3.63) is 11.6 Å². The molecule has 29 heavy (non-hydrogen) atoms. The summed E-state index contributed by atoms with van der Waals surface area (Å²) in [6, 6.07) is 0. The van der Waals surface area contributed by atoms with Gasteiger partial charge in [0.05, 0.1) is 6.10 Å². The fraction of sp³-hybridized carbons (Fsp3) is 0.857. The number of hydrogen-bond donors (Lipinski definition) is 2. The Labute approximate surface area is 196 Å². The van der Waals surface area contributed by atoms with Crippen LogP contribution in [0.3, 0.4) is 0 Å². The molecule has 0 amide bonds. The molecule has 0 aromatic rings. The second-order valence-corrected chi connectivity index (χ2v) is 11.1. The van der Waals surface area contributed by atoms with Crippen molar-refractivity contribution >= 4 is 45.7 Å². The van der Waals surface area contributed by atoms with E-state index >= 15 is 0 Å². The second-order valence-electron chi connectivity index (χ2n) is 10.1. The zero-order valence-electron chi connectivity index (χ0n) is 18.0. The van der Waals surface area contributed by atoms with Gasteiger partial charge in [-0.25, -0.2) is 4.18 Å². The van der Waals surface area contributed by atoms with Crippen molar-refractivity contribution in [1.29, 1.82) is 0 Å². The van der Waals surface area contributed by atoms with Crippen LogP contribution in [0.25, 0.3) is 0 Å². The molecule has 0 aromatic carbocycles. The Morgan fingerprint density at radius 3 is 2.41 bits per heavy atom.